The van der Waals surface area contributed by atoms with Gasteiger partial charge in [-0.1, -0.05) is 35.9 Å². The summed E-state index contributed by atoms with van der Waals surface area (Å²) < 4.78 is 0. The lowest BCUT2D eigenvalue weighted by molar-refractivity contribution is -0.119. The van der Waals surface area contributed by atoms with E-state index < -0.39 is 0 Å². The Morgan fingerprint density at radius 1 is 1.17 bits per heavy atom. The number of aromatic nitrogens is 1. The topological polar surface area (TPSA) is 62.0 Å². The summed E-state index contributed by atoms with van der Waals surface area (Å²) in [5.74, 6) is 0.0558. The molecule has 0 aliphatic carbocycles. The maximum absolute atomic E-state index is 11.9. The first-order valence-corrected chi connectivity index (χ1v) is 8.30. The molecule has 124 valence electrons. The molecule has 5 heteroatoms. The minimum Gasteiger partial charge on any atom is -0.350 e. The van der Waals surface area contributed by atoms with E-state index in [-0.39, 0.29) is 22.5 Å². The SMILES string of the molecule is Cc1ccc(C(=C[C@H]2CCC(=O)N2)c2ccc(Cl)c(=O)[nH]2)cc1C. The molecule has 3 rings (SSSR count). The first kappa shape index (κ1) is 16.5. The molecule has 0 unspecified atom stereocenters. The number of halogens is 1. The molecule has 0 bridgehead atoms. The van der Waals surface area contributed by atoms with E-state index in [2.05, 4.69) is 36.3 Å². The second kappa shape index (κ2) is 6.65. The van der Waals surface area contributed by atoms with Crippen LogP contribution < -0.4 is 10.9 Å². The molecule has 1 aromatic heterocycles. The van der Waals surface area contributed by atoms with Gasteiger partial charge in [0.25, 0.3) is 5.56 Å². The fourth-order valence-electron chi connectivity index (χ4n) is 2.83. The molecule has 1 aliphatic rings. The van der Waals surface area contributed by atoms with Gasteiger partial charge in [0.1, 0.15) is 5.02 Å². The molecule has 1 atom stereocenters. The number of aryl methyl sites for hydroxylation is 2. The van der Waals surface area contributed by atoms with Crippen molar-refractivity contribution in [2.45, 2.75) is 32.7 Å². The first-order chi connectivity index (χ1) is 11.4. The van der Waals surface area contributed by atoms with Gasteiger partial charge in [0.05, 0.1) is 0 Å². The van der Waals surface area contributed by atoms with E-state index in [1.807, 2.05) is 12.1 Å². The Bertz CT molecular complexity index is 883. The van der Waals surface area contributed by atoms with E-state index in [0.717, 1.165) is 17.6 Å². The van der Waals surface area contributed by atoms with E-state index in [9.17, 15) is 9.59 Å². The quantitative estimate of drug-likeness (QED) is 0.898. The van der Waals surface area contributed by atoms with Gasteiger partial charge in [-0.3, -0.25) is 9.59 Å². The van der Waals surface area contributed by atoms with Gasteiger partial charge in [0, 0.05) is 23.7 Å². The van der Waals surface area contributed by atoms with Crippen molar-refractivity contribution >= 4 is 23.1 Å². The van der Waals surface area contributed by atoms with Crippen LogP contribution in [0.25, 0.3) is 5.57 Å². The normalized spacial score (nSPS) is 17.9. The average Bonchev–Trinajstić information content (AvgIpc) is 2.96. The Hall–Kier alpha value is -2.33. The van der Waals surface area contributed by atoms with Crippen LogP contribution in [0.1, 0.15) is 35.2 Å². The smallest absolute Gasteiger partial charge is 0.267 e. The minimum absolute atomic E-state index is 0.0340. The van der Waals surface area contributed by atoms with Gasteiger partial charge >= 0.3 is 0 Å². The molecule has 1 fully saturated rings. The van der Waals surface area contributed by atoms with Crippen molar-refractivity contribution in [3.8, 4) is 0 Å². The van der Waals surface area contributed by atoms with Gasteiger partial charge in [-0.25, -0.2) is 0 Å². The number of hydrogen-bond acceptors (Lipinski definition) is 2. The average molecular weight is 343 g/mol. The van der Waals surface area contributed by atoms with Crippen LogP contribution in [0.4, 0.5) is 0 Å². The molecule has 2 N–H and O–H groups in total. The van der Waals surface area contributed by atoms with E-state index in [1.54, 1.807) is 12.1 Å². The second-order valence-electron chi connectivity index (χ2n) is 6.14. The van der Waals surface area contributed by atoms with Gasteiger partial charge in [-0.05, 0) is 49.1 Å². The Balaban J connectivity index is 2.10. The fraction of sp³-hybridized carbons (Fsp3) is 0.263. The number of carbonyl (C=O) groups is 1. The number of nitrogens with one attached hydrogen (secondary N) is 2. The summed E-state index contributed by atoms with van der Waals surface area (Å²) in [5.41, 5.74) is 4.63. The zero-order valence-corrected chi connectivity index (χ0v) is 14.4. The van der Waals surface area contributed by atoms with E-state index in [4.69, 9.17) is 11.6 Å². The van der Waals surface area contributed by atoms with E-state index in [0.29, 0.717) is 12.1 Å². The van der Waals surface area contributed by atoms with Crippen molar-refractivity contribution in [2.24, 2.45) is 0 Å². The Labute approximate surface area is 145 Å². The van der Waals surface area contributed by atoms with Crippen molar-refractivity contribution in [2.75, 3.05) is 0 Å². The van der Waals surface area contributed by atoms with Gasteiger partial charge in [0.2, 0.25) is 5.91 Å². The van der Waals surface area contributed by atoms with Crippen LogP contribution in [0, 0.1) is 13.8 Å². The van der Waals surface area contributed by atoms with E-state index in [1.165, 1.54) is 11.1 Å². The molecular weight excluding hydrogens is 324 g/mol. The lowest BCUT2D eigenvalue weighted by Crippen LogP contribution is -2.23. The summed E-state index contributed by atoms with van der Waals surface area (Å²) in [6, 6.07) is 9.52. The number of hydrogen-bond donors (Lipinski definition) is 2. The van der Waals surface area contributed by atoms with Crippen LogP contribution in [-0.2, 0) is 4.79 Å². The predicted molar refractivity (Wildman–Crippen MR) is 96.2 cm³/mol. The number of rotatable bonds is 3. The number of pyridine rings is 1. The van der Waals surface area contributed by atoms with Gasteiger partial charge in [0.15, 0.2) is 0 Å². The van der Waals surface area contributed by atoms with Crippen LogP contribution in [0.3, 0.4) is 0 Å². The number of aromatic amines is 1. The summed E-state index contributed by atoms with van der Waals surface area (Å²) in [4.78, 5) is 26.2. The molecule has 0 radical (unpaired) electrons. The predicted octanol–water partition coefficient (Wildman–Crippen LogP) is 3.36. The molecule has 24 heavy (non-hydrogen) atoms. The van der Waals surface area contributed by atoms with Crippen molar-refractivity contribution < 1.29 is 4.79 Å². The molecule has 1 amide bonds. The third-order valence-corrected chi connectivity index (χ3v) is 4.66. The number of amides is 1. The fourth-order valence-corrected chi connectivity index (χ4v) is 2.94. The van der Waals surface area contributed by atoms with Crippen LogP contribution in [-0.4, -0.2) is 16.9 Å². The Morgan fingerprint density at radius 2 is 1.96 bits per heavy atom. The highest BCUT2D eigenvalue weighted by molar-refractivity contribution is 6.30. The minimum atomic E-state index is -0.320. The third-order valence-electron chi connectivity index (χ3n) is 4.37. The van der Waals surface area contributed by atoms with Crippen molar-refractivity contribution in [1.29, 1.82) is 0 Å². The second-order valence-corrected chi connectivity index (χ2v) is 6.55. The number of H-pyrrole nitrogens is 1. The third kappa shape index (κ3) is 3.44. The van der Waals surface area contributed by atoms with Crippen LogP contribution in [0.5, 0.6) is 0 Å². The van der Waals surface area contributed by atoms with Crippen LogP contribution in [0.2, 0.25) is 5.02 Å². The summed E-state index contributed by atoms with van der Waals surface area (Å²) >= 11 is 5.85. The molecule has 2 aromatic rings. The zero-order valence-electron chi connectivity index (χ0n) is 13.7. The number of carbonyl (C=O) groups excluding carboxylic acids is 1. The highest BCUT2D eigenvalue weighted by Crippen LogP contribution is 2.26. The standard InChI is InChI=1S/C19H19ClN2O2/c1-11-3-4-13(9-12(11)2)15(10-14-5-8-18(23)21-14)17-7-6-16(20)19(24)22-17/h3-4,6-7,9-10,14H,5,8H2,1-2H3,(H,21,23)(H,22,24)/t14-/m1/s1. The molecule has 1 aromatic carbocycles. The van der Waals surface area contributed by atoms with E-state index >= 15 is 0 Å². The van der Waals surface area contributed by atoms with Gasteiger partial charge in [-0.2, -0.15) is 0 Å². The first-order valence-electron chi connectivity index (χ1n) is 7.92. The summed E-state index contributed by atoms with van der Waals surface area (Å²) in [5, 5.41) is 3.10. The monoisotopic (exact) mass is 342 g/mol. The molecule has 0 spiro atoms. The zero-order chi connectivity index (χ0) is 17.3. The number of benzene rings is 1. The van der Waals surface area contributed by atoms with Crippen molar-refractivity contribution in [3.05, 3.63) is 74.2 Å². The molecular formula is C19H19ClN2O2. The molecule has 2 heterocycles. The molecule has 4 nitrogen and oxygen atoms in total. The van der Waals surface area contributed by atoms with Crippen molar-refractivity contribution in [3.63, 3.8) is 0 Å². The summed E-state index contributed by atoms with van der Waals surface area (Å²) in [6.45, 7) is 4.11. The Kier molecular flexibility index (Phi) is 4.58. The molecule has 0 saturated carbocycles. The highest BCUT2D eigenvalue weighted by Gasteiger charge is 2.20. The van der Waals surface area contributed by atoms with Crippen molar-refractivity contribution in [1.82, 2.24) is 10.3 Å². The maximum atomic E-state index is 11.9. The molecule has 1 saturated heterocycles. The maximum Gasteiger partial charge on any atom is 0.267 e. The Morgan fingerprint density at radius 3 is 2.58 bits per heavy atom. The van der Waals surface area contributed by atoms with Gasteiger partial charge in [-0.15, -0.1) is 0 Å². The van der Waals surface area contributed by atoms with Gasteiger partial charge < -0.3 is 10.3 Å². The lowest BCUT2D eigenvalue weighted by atomic mass is 9.96. The summed E-state index contributed by atoms with van der Waals surface area (Å²) in [7, 11) is 0. The van der Waals surface area contributed by atoms with Crippen LogP contribution in [0.15, 0.2) is 41.2 Å². The largest absolute Gasteiger partial charge is 0.350 e. The van der Waals surface area contributed by atoms with Crippen LogP contribution >= 0.6 is 11.6 Å². The molecule has 1 aliphatic heterocycles. The lowest BCUT2D eigenvalue weighted by Gasteiger charge is -2.13. The summed E-state index contributed by atoms with van der Waals surface area (Å²) in [6.07, 6.45) is 3.29. The highest BCUT2D eigenvalue weighted by atomic mass is 35.5.